The predicted octanol–water partition coefficient (Wildman–Crippen LogP) is 1.73. The Bertz CT molecular complexity index is 209. The SMILES string of the molecule is CCNC1CCCN(CCCCSC)C1=O. The van der Waals surface area contributed by atoms with Crippen LogP contribution in [0.15, 0.2) is 0 Å². The first-order valence-electron chi connectivity index (χ1n) is 6.30. The van der Waals surface area contributed by atoms with Crippen molar-refractivity contribution in [3.63, 3.8) is 0 Å². The van der Waals surface area contributed by atoms with E-state index < -0.39 is 0 Å². The lowest BCUT2D eigenvalue weighted by Crippen LogP contribution is -2.50. The molecule has 3 nitrogen and oxygen atoms in total. The van der Waals surface area contributed by atoms with Crippen molar-refractivity contribution in [1.29, 1.82) is 0 Å². The standard InChI is InChI=1S/C12H24N2OS/c1-3-13-11-7-6-9-14(12(11)15)8-4-5-10-16-2/h11,13H,3-10H2,1-2H3. The minimum atomic E-state index is 0.0827. The van der Waals surface area contributed by atoms with Crippen LogP contribution in [-0.2, 0) is 4.79 Å². The quantitative estimate of drug-likeness (QED) is 0.692. The van der Waals surface area contributed by atoms with Gasteiger partial charge in [-0.3, -0.25) is 4.79 Å². The van der Waals surface area contributed by atoms with Crippen molar-refractivity contribution in [3.05, 3.63) is 0 Å². The normalized spacial score (nSPS) is 21.5. The molecular weight excluding hydrogens is 220 g/mol. The Balaban J connectivity index is 2.27. The minimum absolute atomic E-state index is 0.0827. The molecule has 0 aromatic rings. The third-order valence-corrected chi connectivity index (χ3v) is 3.70. The van der Waals surface area contributed by atoms with E-state index in [2.05, 4.69) is 18.5 Å². The summed E-state index contributed by atoms with van der Waals surface area (Å²) >= 11 is 1.88. The Hall–Kier alpha value is -0.220. The van der Waals surface area contributed by atoms with Crippen LogP contribution in [0.5, 0.6) is 0 Å². The van der Waals surface area contributed by atoms with Gasteiger partial charge in [0.25, 0.3) is 0 Å². The molecule has 1 atom stereocenters. The number of carbonyl (C=O) groups excluding carboxylic acids is 1. The molecule has 0 bridgehead atoms. The number of likely N-dealkylation sites (N-methyl/N-ethyl adjacent to an activating group) is 1. The second kappa shape index (κ2) is 7.96. The van der Waals surface area contributed by atoms with Gasteiger partial charge < -0.3 is 10.2 Å². The second-order valence-electron chi connectivity index (χ2n) is 4.28. The zero-order chi connectivity index (χ0) is 11.8. The number of carbonyl (C=O) groups is 1. The van der Waals surface area contributed by atoms with Gasteiger partial charge in [-0.1, -0.05) is 6.92 Å². The number of unbranched alkanes of at least 4 members (excludes halogenated alkanes) is 1. The maximum absolute atomic E-state index is 12.0. The first-order chi connectivity index (χ1) is 7.79. The van der Waals surface area contributed by atoms with Crippen LogP contribution in [0.2, 0.25) is 0 Å². The van der Waals surface area contributed by atoms with Gasteiger partial charge in [-0.05, 0) is 44.2 Å². The molecule has 1 heterocycles. The molecule has 1 fully saturated rings. The van der Waals surface area contributed by atoms with Crippen molar-refractivity contribution < 1.29 is 4.79 Å². The molecule has 1 saturated heterocycles. The maximum Gasteiger partial charge on any atom is 0.239 e. The van der Waals surface area contributed by atoms with E-state index in [4.69, 9.17) is 0 Å². The van der Waals surface area contributed by atoms with Crippen LogP contribution in [0, 0.1) is 0 Å². The summed E-state index contributed by atoms with van der Waals surface area (Å²) in [6.07, 6.45) is 6.65. The highest BCUT2D eigenvalue weighted by atomic mass is 32.2. The summed E-state index contributed by atoms with van der Waals surface area (Å²) in [4.78, 5) is 14.1. The molecule has 0 spiro atoms. The molecule has 1 rings (SSSR count). The lowest BCUT2D eigenvalue weighted by Gasteiger charge is -2.32. The maximum atomic E-state index is 12.0. The molecule has 16 heavy (non-hydrogen) atoms. The topological polar surface area (TPSA) is 32.3 Å². The molecule has 1 amide bonds. The number of likely N-dealkylation sites (tertiary alicyclic amines) is 1. The van der Waals surface area contributed by atoms with E-state index in [-0.39, 0.29) is 6.04 Å². The van der Waals surface area contributed by atoms with Crippen LogP contribution < -0.4 is 5.32 Å². The van der Waals surface area contributed by atoms with Crippen LogP contribution in [0.25, 0.3) is 0 Å². The number of nitrogens with zero attached hydrogens (tertiary/aromatic N) is 1. The molecule has 94 valence electrons. The number of hydrogen-bond donors (Lipinski definition) is 1. The second-order valence-corrected chi connectivity index (χ2v) is 5.26. The van der Waals surface area contributed by atoms with E-state index in [9.17, 15) is 4.79 Å². The molecule has 1 unspecified atom stereocenters. The van der Waals surface area contributed by atoms with Crippen LogP contribution in [-0.4, -0.2) is 48.5 Å². The highest BCUT2D eigenvalue weighted by Gasteiger charge is 2.27. The molecule has 0 saturated carbocycles. The summed E-state index contributed by atoms with van der Waals surface area (Å²) in [5.74, 6) is 1.52. The van der Waals surface area contributed by atoms with Crippen LogP contribution in [0.1, 0.15) is 32.6 Å². The molecule has 1 aliphatic heterocycles. The number of amides is 1. The largest absolute Gasteiger partial charge is 0.341 e. The summed E-state index contributed by atoms with van der Waals surface area (Å²) < 4.78 is 0. The lowest BCUT2D eigenvalue weighted by atomic mass is 10.0. The van der Waals surface area contributed by atoms with Crippen molar-refractivity contribution in [2.75, 3.05) is 31.6 Å². The van der Waals surface area contributed by atoms with Crippen molar-refractivity contribution >= 4 is 17.7 Å². The van der Waals surface area contributed by atoms with Crippen molar-refractivity contribution in [1.82, 2.24) is 10.2 Å². The summed E-state index contributed by atoms with van der Waals surface area (Å²) in [7, 11) is 0. The van der Waals surface area contributed by atoms with Gasteiger partial charge in [-0.25, -0.2) is 0 Å². The van der Waals surface area contributed by atoms with Crippen LogP contribution in [0.3, 0.4) is 0 Å². The third-order valence-electron chi connectivity index (χ3n) is 3.01. The van der Waals surface area contributed by atoms with Gasteiger partial charge >= 0.3 is 0 Å². The van der Waals surface area contributed by atoms with E-state index in [0.29, 0.717) is 5.91 Å². The van der Waals surface area contributed by atoms with Gasteiger partial charge in [0, 0.05) is 13.1 Å². The van der Waals surface area contributed by atoms with Gasteiger partial charge in [0.2, 0.25) is 5.91 Å². The lowest BCUT2D eigenvalue weighted by molar-refractivity contribution is -0.136. The van der Waals surface area contributed by atoms with Crippen LogP contribution >= 0.6 is 11.8 Å². The Morgan fingerprint density at radius 1 is 1.50 bits per heavy atom. The average molecular weight is 244 g/mol. The average Bonchev–Trinajstić information content (AvgIpc) is 2.29. The van der Waals surface area contributed by atoms with Crippen molar-refractivity contribution in [3.8, 4) is 0 Å². The van der Waals surface area contributed by atoms with E-state index in [0.717, 1.165) is 38.9 Å². The fourth-order valence-electron chi connectivity index (χ4n) is 2.15. The van der Waals surface area contributed by atoms with E-state index in [1.54, 1.807) is 0 Å². The summed E-state index contributed by atoms with van der Waals surface area (Å²) in [5.41, 5.74) is 0. The van der Waals surface area contributed by atoms with Crippen LogP contribution in [0.4, 0.5) is 0 Å². The van der Waals surface area contributed by atoms with Gasteiger partial charge in [0.1, 0.15) is 0 Å². The zero-order valence-electron chi connectivity index (χ0n) is 10.5. The van der Waals surface area contributed by atoms with E-state index in [1.807, 2.05) is 16.7 Å². The minimum Gasteiger partial charge on any atom is -0.341 e. The number of thioether (sulfide) groups is 1. The third kappa shape index (κ3) is 4.34. The van der Waals surface area contributed by atoms with Crippen molar-refractivity contribution in [2.24, 2.45) is 0 Å². The van der Waals surface area contributed by atoms with Crippen molar-refractivity contribution in [2.45, 2.75) is 38.6 Å². The molecule has 4 heteroatoms. The molecule has 1 N–H and O–H groups in total. The summed E-state index contributed by atoms with van der Waals surface area (Å²) in [6.45, 7) is 4.85. The monoisotopic (exact) mass is 244 g/mol. The Kier molecular flexibility index (Phi) is 6.88. The molecule has 0 aliphatic carbocycles. The number of hydrogen-bond acceptors (Lipinski definition) is 3. The zero-order valence-corrected chi connectivity index (χ0v) is 11.3. The highest BCUT2D eigenvalue weighted by molar-refractivity contribution is 7.98. The Morgan fingerprint density at radius 3 is 3.00 bits per heavy atom. The first kappa shape index (κ1) is 13.8. The Labute approximate surface area is 103 Å². The molecule has 0 aromatic carbocycles. The highest BCUT2D eigenvalue weighted by Crippen LogP contribution is 2.13. The fourth-order valence-corrected chi connectivity index (χ4v) is 2.64. The number of rotatable bonds is 7. The Morgan fingerprint density at radius 2 is 2.31 bits per heavy atom. The fraction of sp³-hybridized carbons (Fsp3) is 0.917. The van der Waals surface area contributed by atoms with Gasteiger partial charge in [0.15, 0.2) is 0 Å². The van der Waals surface area contributed by atoms with E-state index in [1.165, 1.54) is 12.2 Å². The molecule has 0 radical (unpaired) electrons. The van der Waals surface area contributed by atoms with E-state index >= 15 is 0 Å². The summed E-state index contributed by atoms with van der Waals surface area (Å²) in [5, 5.41) is 3.27. The smallest absolute Gasteiger partial charge is 0.239 e. The predicted molar refractivity (Wildman–Crippen MR) is 70.9 cm³/mol. The first-order valence-corrected chi connectivity index (χ1v) is 7.70. The molecular formula is C12H24N2OS. The molecule has 0 aromatic heterocycles. The summed E-state index contributed by atoms with van der Waals surface area (Å²) in [6, 6.07) is 0.0827. The van der Waals surface area contributed by atoms with Gasteiger partial charge in [-0.15, -0.1) is 0 Å². The number of nitrogens with one attached hydrogen (secondary N) is 1. The number of piperidine rings is 1. The van der Waals surface area contributed by atoms with Gasteiger partial charge in [-0.2, -0.15) is 11.8 Å². The van der Waals surface area contributed by atoms with Gasteiger partial charge in [0.05, 0.1) is 6.04 Å². The molecule has 1 aliphatic rings.